The van der Waals surface area contributed by atoms with Crippen molar-refractivity contribution in [3.05, 3.63) is 192 Å². The summed E-state index contributed by atoms with van der Waals surface area (Å²) in [4.78, 5) is 10.1. The molecule has 7 aromatic carbocycles. The van der Waals surface area contributed by atoms with Crippen molar-refractivity contribution in [1.82, 2.24) is 14.5 Å². The Bertz CT molecular complexity index is 3300. The van der Waals surface area contributed by atoms with Crippen molar-refractivity contribution in [1.29, 1.82) is 0 Å². The van der Waals surface area contributed by atoms with E-state index < -0.39 is 19.6 Å². The third-order valence-electron chi connectivity index (χ3n) is 11.1. The molecular weight excluding hydrogens is 926 g/mol. The maximum absolute atomic E-state index is 11.4. The predicted molar refractivity (Wildman–Crippen MR) is 250 cm³/mol. The molecule has 0 bridgehead atoms. The van der Waals surface area contributed by atoms with E-state index in [1.807, 2.05) is 122 Å². The molecule has 2 heterocycles. The molecule has 0 radical (unpaired) electrons. The number of rotatable bonds is 9. The summed E-state index contributed by atoms with van der Waals surface area (Å²) in [6, 6.07) is 52.6. The molecule has 2 aromatic heterocycles. The summed E-state index contributed by atoms with van der Waals surface area (Å²) in [6.07, 6.45) is 1.73. The van der Waals surface area contributed by atoms with Crippen LogP contribution < -0.4 is 0 Å². The van der Waals surface area contributed by atoms with Crippen LogP contribution in [0.2, 0.25) is 0 Å². The maximum Gasteiger partial charge on any atom is 0.148 e. The van der Waals surface area contributed by atoms with E-state index in [1.54, 1.807) is 54.7 Å². The number of hydrogen-bond donors (Lipinski definition) is 1. The van der Waals surface area contributed by atoms with Gasteiger partial charge in [0, 0.05) is 42.6 Å². The Morgan fingerprint density at radius 3 is 2.08 bits per heavy atom. The summed E-state index contributed by atoms with van der Waals surface area (Å²) in [6.45, 7) is 3.10. The molecule has 0 spiro atoms. The molecule has 9 aromatic rings. The van der Waals surface area contributed by atoms with Gasteiger partial charge in [-0.05, 0) is 106 Å². The number of hydrogen-bond acceptors (Lipinski definition) is 3. The van der Waals surface area contributed by atoms with Gasteiger partial charge in [-0.3, -0.25) is 9.55 Å². The molecule has 1 N–H and O–H groups in total. The van der Waals surface area contributed by atoms with E-state index in [4.69, 9.17) is 19.6 Å². The molecule has 304 valence electrons. The number of pyridine rings is 1. The monoisotopic (exact) mass is 980 g/mol. The van der Waals surface area contributed by atoms with Gasteiger partial charge in [0.2, 0.25) is 0 Å². The number of aryl methyl sites for hydroxylation is 2. The Kier molecular flexibility index (Phi) is 9.48. The van der Waals surface area contributed by atoms with E-state index in [2.05, 4.69) is 26.0 Å². The van der Waals surface area contributed by atoms with Gasteiger partial charge in [-0.15, -0.1) is 23.8 Å². The Morgan fingerprint density at radius 1 is 0.623 bits per heavy atom. The molecule has 0 fully saturated rings. The number of benzene rings is 7. The first kappa shape index (κ1) is 33.4. The first-order valence-corrected chi connectivity index (χ1v) is 20.2. The third-order valence-corrected chi connectivity index (χ3v) is 11.1. The number of imidazole rings is 1. The Balaban J connectivity index is 0.00000625. The van der Waals surface area contributed by atoms with Crippen LogP contribution in [0.3, 0.4) is 0 Å². The van der Waals surface area contributed by atoms with Gasteiger partial charge < -0.3 is 5.11 Å². The second kappa shape index (κ2) is 17.3. The van der Waals surface area contributed by atoms with E-state index in [9.17, 15) is 5.11 Å². The Labute approximate surface area is 383 Å². The minimum atomic E-state index is -2.58. The summed E-state index contributed by atoms with van der Waals surface area (Å²) in [5.74, 6) is -0.513. The van der Waals surface area contributed by atoms with Crippen LogP contribution in [0.1, 0.15) is 71.4 Å². The van der Waals surface area contributed by atoms with Gasteiger partial charge >= 0.3 is 0 Å². The number of nitrogens with zero attached hydrogens (tertiary/aromatic N) is 3. The zero-order valence-corrected chi connectivity index (χ0v) is 36.5. The average Bonchev–Trinajstić information content (AvgIpc) is 3.70. The smallest absolute Gasteiger partial charge is 0.148 e. The predicted octanol–water partition coefficient (Wildman–Crippen LogP) is 14.8. The standard InChI is InChI=1S/C56H48N3O.Pt/c1-35(2)46-17-12-18-47(36(3)4)54(46)42-26-27-51(38(6)30-42)59-52-20-13-19-48(55(52)58-56(59)49-16-10-11-21-53(49)60)44-31-43(39-14-8-7-9-15-39)32-45(33-44)50-34-41(28-29-57-50)40-24-22-37(5)23-25-40;/h7-32,34-36,60H,1-6H3;/q-1;/i5D3,6D3,35D;. The molecule has 61 heavy (non-hydrogen) atoms. The average molecular weight is 981 g/mol. The normalized spacial score (nSPS) is 13.6. The molecule has 0 saturated heterocycles. The van der Waals surface area contributed by atoms with Crippen LogP contribution >= 0.6 is 0 Å². The van der Waals surface area contributed by atoms with Crippen molar-refractivity contribution >= 4 is 11.0 Å². The van der Waals surface area contributed by atoms with Gasteiger partial charge in [-0.25, -0.2) is 4.98 Å². The fourth-order valence-electron chi connectivity index (χ4n) is 8.15. The molecule has 4 nitrogen and oxygen atoms in total. The molecule has 0 aliphatic carbocycles. The number of phenols is 1. The molecular formula is C56H48N3OPt-. The van der Waals surface area contributed by atoms with Gasteiger partial charge in [0.15, 0.2) is 0 Å². The molecule has 0 atom stereocenters. The maximum atomic E-state index is 11.4. The summed E-state index contributed by atoms with van der Waals surface area (Å²) >= 11 is 0. The summed E-state index contributed by atoms with van der Waals surface area (Å²) in [5, 5.41) is 11.4. The van der Waals surface area contributed by atoms with Gasteiger partial charge in [0.25, 0.3) is 0 Å². The molecule has 0 aliphatic heterocycles. The number of para-hydroxylation sites is 2. The van der Waals surface area contributed by atoms with Gasteiger partial charge in [-0.1, -0.05) is 159 Å². The largest absolute Gasteiger partial charge is 0.507 e. The van der Waals surface area contributed by atoms with Gasteiger partial charge in [-0.2, -0.15) is 0 Å². The van der Waals surface area contributed by atoms with Crippen LogP contribution in [0.15, 0.2) is 164 Å². The summed E-state index contributed by atoms with van der Waals surface area (Å²) in [5.41, 5.74) is 12.1. The van der Waals surface area contributed by atoms with E-state index >= 15 is 0 Å². The Morgan fingerprint density at radius 2 is 1.33 bits per heavy atom. The number of aromatic nitrogens is 3. The van der Waals surface area contributed by atoms with Crippen LogP contribution in [0.5, 0.6) is 5.75 Å². The van der Waals surface area contributed by atoms with E-state index in [0.29, 0.717) is 50.5 Å². The molecule has 0 saturated carbocycles. The van der Waals surface area contributed by atoms with Gasteiger partial charge in [0.1, 0.15) is 11.6 Å². The number of fused-ring (bicyclic) bond motifs is 1. The topological polar surface area (TPSA) is 50.9 Å². The van der Waals surface area contributed by atoms with Crippen molar-refractivity contribution in [3.8, 4) is 78.6 Å². The van der Waals surface area contributed by atoms with Crippen molar-refractivity contribution in [2.45, 2.75) is 53.2 Å². The van der Waals surface area contributed by atoms with Crippen LogP contribution in [0.25, 0.3) is 83.9 Å². The summed E-state index contributed by atoms with van der Waals surface area (Å²) < 4.78 is 61.3. The van der Waals surface area contributed by atoms with Crippen molar-refractivity contribution in [2.75, 3.05) is 0 Å². The first-order valence-electron chi connectivity index (χ1n) is 23.7. The van der Waals surface area contributed by atoms with Crippen LogP contribution in [0.4, 0.5) is 0 Å². The van der Waals surface area contributed by atoms with E-state index in [0.717, 1.165) is 44.5 Å². The third kappa shape index (κ3) is 8.01. The van der Waals surface area contributed by atoms with Crippen LogP contribution in [0, 0.1) is 19.8 Å². The molecule has 0 amide bonds. The van der Waals surface area contributed by atoms with Crippen molar-refractivity contribution in [3.63, 3.8) is 0 Å². The number of aromatic hydroxyl groups is 1. The zero-order chi connectivity index (χ0) is 47.4. The quantitative estimate of drug-likeness (QED) is 0.147. The van der Waals surface area contributed by atoms with Crippen LogP contribution in [-0.2, 0) is 21.1 Å². The van der Waals surface area contributed by atoms with Crippen molar-refractivity contribution in [2.24, 2.45) is 0 Å². The minimum Gasteiger partial charge on any atom is -0.507 e. The van der Waals surface area contributed by atoms with Gasteiger partial charge in [0.05, 0.1) is 22.3 Å². The minimum absolute atomic E-state index is 0. The second-order valence-corrected chi connectivity index (χ2v) is 15.7. The SMILES string of the molecule is [2H]C([2H])([2H])c1ccc(-c2ccnc(-c3[c-]c(-c4cccc5c4nc(-c4ccccc4O)n5-c4ccc(-c5c(C(C)C)cccc5C([2H])(C)C)cc4C([2H])([2H])[2H])cc(-c4ccccc4)c3)c2)cc1.[Pt]. The van der Waals surface area contributed by atoms with Crippen molar-refractivity contribution < 1.29 is 35.8 Å². The molecule has 0 unspecified atom stereocenters. The fourth-order valence-corrected chi connectivity index (χ4v) is 8.15. The number of phenolic OH excluding ortho intramolecular Hbond substituents is 1. The van der Waals surface area contributed by atoms with E-state index in [1.165, 1.54) is 0 Å². The first-order chi connectivity index (χ1) is 31.9. The molecule has 9 rings (SSSR count). The Hall–Kier alpha value is -6.35. The fraction of sp³-hybridized carbons (Fsp3) is 0.143. The van der Waals surface area contributed by atoms with Crippen LogP contribution in [-0.4, -0.2) is 19.6 Å². The second-order valence-electron chi connectivity index (χ2n) is 15.7. The zero-order valence-electron chi connectivity index (χ0n) is 41.3. The molecule has 5 heteroatoms. The summed E-state index contributed by atoms with van der Waals surface area (Å²) in [7, 11) is 0. The van der Waals surface area contributed by atoms with E-state index in [-0.39, 0.29) is 43.9 Å². The molecule has 0 aliphatic rings.